The second kappa shape index (κ2) is 5.49. The van der Waals surface area contributed by atoms with Gasteiger partial charge in [-0.1, -0.05) is 6.92 Å². The third-order valence-corrected chi connectivity index (χ3v) is 4.46. The highest BCUT2D eigenvalue weighted by atomic mass is 79.9. The molecular formula is C14H21BrN2O. The summed E-state index contributed by atoms with van der Waals surface area (Å²) in [5.74, 6) is 0.744. The van der Waals surface area contributed by atoms with Crippen molar-refractivity contribution in [3.8, 4) is 0 Å². The summed E-state index contributed by atoms with van der Waals surface area (Å²) in [4.78, 5) is 0. The summed E-state index contributed by atoms with van der Waals surface area (Å²) in [6.45, 7) is 2.85. The van der Waals surface area contributed by atoms with Crippen molar-refractivity contribution in [1.29, 1.82) is 0 Å². The van der Waals surface area contributed by atoms with E-state index in [-0.39, 0.29) is 0 Å². The fourth-order valence-electron chi connectivity index (χ4n) is 2.41. The molecule has 0 saturated heterocycles. The summed E-state index contributed by atoms with van der Waals surface area (Å²) >= 11 is 3.48. The Hall–Kier alpha value is -0.740. The Bertz CT molecular complexity index is 414. The first kappa shape index (κ1) is 13.7. The van der Waals surface area contributed by atoms with E-state index in [1.54, 1.807) is 0 Å². The summed E-state index contributed by atoms with van der Waals surface area (Å²) in [6.07, 6.45) is 3.99. The van der Waals surface area contributed by atoms with Gasteiger partial charge in [0.05, 0.1) is 5.60 Å². The Morgan fingerprint density at radius 1 is 1.44 bits per heavy atom. The molecule has 1 aromatic rings. The van der Waals surface area contributed by atoms with Crippen molar-refractivity contribution in [2.45, 2.75) is 38.2 Å². The molecule has 1 aliphatic carbocycles. The zero-order chi connectivity index (χ0) is 13.2. The highest BCUT2D eigenvalue weighted by Crippen LogP contribution is 2.33. The van der Waals surface area contributed by atoms with Crippen molar-refractivity contribution in [3.05, 3.63) is 22.7 Å². The van der Waals surface area contributed by atoms with Gasteiger partial charge in [-0.3, -0.25) is 0 Å². The molecule has 0 radical (unpaired) electrons. The molecule has 0 amide bonds. The van der Waals surface area contributed by atoms with Crippen LogP contribution in [0.2, 0.25) is 0 Å². The fraction of sp³-hybridized carbons (Fsp3) is 0.571. The number of halogens is 1. The molecule has 0 bridgehead atoms. The second-order valence-corrected chi connectivity index (χ2v) is 6.35. The maximum atomic E-state index is 10.5. The minimum atomic E-state index is -0.562. The van der Waals surface area contributed by atoms with Crippen LogP contribution in [0.3, 0.4) is 0 Å². The van der Waals surface area contributed by atoms with Crippen LogP contribution in [0.15, 0.2) is 22.7 Å². The molecule has 4 N–H and O–H groups in total. The van der Waals surface area contributed by atoms with Gasteiger partial charge in [0.15, 0.2) is 0 Å². The van der Waals surface area contributed by atoms with Gasteiger partial charge in [0.2, 0.25) is 0 Å². The van der Waals surface area contributed by atoms with Gasteiger partial charge in [0, 0.05) is 22.4 Å². The normalized spacial score (nSPS) is 28.1. The Morgan fingerprint density at radius 3 is 2.72 bits per heavy atom. The molecule has 1 fully saturated rings. The minimum absolute atomic E-state index is 0.562. The highest BCUT2D eigenvalue weighted by Gasteiger charge is 2.31. The van der Waals surface area contributed by atoms with Crippen molar-refractivity contribution >= 4 is 27.3 Å². The van der Waals surface area contributed by atoms with Crippen LogP contribution < -0.4 is 11.1 Å². The summed E-state index contributed by atoms with van der Waals surface area (Å²) < 4.78 is 0.940. The van der Waals surface area contributed by atoms with Gasteiger partial charge in [0.25, 0.3) is 0 Å². The Balaban J connectivity index is 1.94. The van der Waals surface area contributed by atoms with Crippen LogP contribution in [0.4, 0.5) is 11.4 Å². The lowest BCUT2D eigenvalue weighted by atomic mass is 9.79. The van der Waals surface area contributed by atoms with Crippen LogP contribution in [0.1, 0.15) is 32.6 Å². The first-order chi connectivity index (χ1) is 8.48. The highest BCUT2D eigenvalue weighted by molar-refractivity contribution is 9.10. The number of hydrogen-bond donors (Lipinski definition) is 3. The Labute approximate surface area is 117 Å². The third-order valence-electron chi connectivity index (χ3n) is 3.81. The third kappa shape index (κ3) is 3.39. The molecule has 0 spiro atoms. The molecule has 0 atom stereocenters. The molecule has 3 nitrogen and oxygen atoms in total. The molecule has 0 aliphatic heterocycles. The summed E-state index contributed by atoms with van der Waals surface area (Å²) in [6, 6.07) is 5.67. The lowest BCUT2D eigenvalue weighted by molar-refractivity contribution is 0.00500. The van der Waals surface area contributed by atoms with Crippen LogP contribution in [0.5, 0.6) is 0 Å². The fourth-order valence-corrected chi connectivity index (χ4v) is 2.95. The average Bonchev–Trinajstić information content (AvgIpc) is 2.32. The molecule has 1 aliphatic rings. The molecular weight excluding hydrogens is 292 g/mol. The van der Waals surface area contributed by atoms with Gasteiger partial charge in [-0.15, -0.1) is 0 Å². The largest absolute Gasteiger partial charge is 0.399 e. The van der Waals surface area contributed by atoms with Gasteiger partial charge in [-0.05, 0) is 65.7 Å². The van der Waals surface area contributed by atoms with Crippen LogP contribution in [0.25, 0.3) is 0 Å². The van der Waals surface area contributed by atoms with E-state index in [9.17, 15) is 5.11 Å². The van der Waals surface area contributed by atoms with E-state index in [0.29, 0.717) is 6.54 Å². The van der Waals surface area contributed by atoms with E-state index < -0.39 is 5.60 Å². The van der Waals surface area contributed by atoms with Crippen LogP contribution in [0, 0.1) is 5.92 Å². The predicted molar refractivity (Wildman–Crippen MR) is 79.6 cm³/mol. The zero-order valence-electron chi connectivity index (χ0n) is 10.7. The molecule has 18 heavy (non-hydrogen) atoms. The maximum absolute atomic E-state index is 10.5. The Morgan fingerprint density at radius 2 is 2.11 bits per heavy atom. The van der Waals surface area contributed by atoms with Gasteiger partial charge >= 0.3 is 0 Å². The van der Waals surface area contributed by atoms with Crippen molar-refractivity contribution in [1.82, 2.24) is 0 Å². The van der Waals surface area contributed by atoms with Gasteiger partial charge < -0.3 is 16.2 Å². The quantitative estimate of drug-likeness (QED) is 0.750. The van der Waals surface area contributed by atoms with Crippen LogP contribution in [-0.2, 0) is 0 Å². The van der Waals surface area contributed by atoms with E-state index in [1.807, 2.05) is 18.2 Å². The lowest BCUT2D eigenvalue weighted by Crippen LogP contribution is -2.40. The Kier molecular flexibility index (Phi) is 4.17. The van der Waals surface area contributed by atoms with Crippen molar-refractivity contribution in [2.24, 2.45) is 5.92 Å². The number of nitrogens with one attached hydrogen (secondary N) is 1. The first-order valence-corrected chi connectivity index (χ1v) is 7.29. The second-order valence-electron chi connectivity index (χ2n) is 5.50. The SMILES string of the molecule is CC1CCC(O)(CNc2ccc(N)cc2Br)CC1. The molecule has 2 rings (SSSR count). The number of aliphatic hydroxyl groups is 1. The topological polar surface area (TPSA) is 58.3 Å². The van der Waals surface area contributed by atoms with Crippen molar-refractivity contribution in [3.63, 3.8) is 0 Å². The van der Waals surface area contributed by atoms with E-state index in [2.05, 4.69) is 28.2 Å². The molecule has 1 saturated carbocycles. The van der Waals surface area contributed by atoms with E-state index in [1.165, 1.54) is 0 Å². The standard InChI is InChI=1S/C14H21BrN2O/c1-10-4-6-14(18,7-5-10)9-17-13-3-2-11(16)8-12(13)15/h2-3,8,10,17-18H,4-7,9,16H2,1H3. The van der Waals surface area contributed by atoms with Crippen LogP contribution >= 0.6 is 15.9 Å². The molecule has 1 aromatic carbocycles. The lowest BCUT2D eigenvalue weighted by Gasteiger charge is -2.35. The number of anilines is 2. The van der Waals surface area contributed by atoms with Crippen LogP contribution in [-0.4, -0.2) is 17.3 Å². The van der Waals surface area contributed by atoms with Crippen molar-refractivity contribution in [2.75, 3.05) is 17.6 Å². The predicted octanol–water partition coefficient (Wildman–Crippen LogP) is 3.38. The van der Waals surface area contributed by atoms with Gasteiger partial charge in [-0.25, -0.2) is 0 Å². The average molecular weight is 313 g/mol. The number of hydrogen-bond acceptors (Lipinski definition) is 3. The number of nitrogen functional groups attached to an aromatic ring is 1. The molecule has 0 heterocycles. The van der Waals surface area contributed by atoms with E-state index in [0.717, 1.165) is 47.4 Å². The van der Waals surface area contributed by atoms with Gasteiger partial charge in [-0.2, -0.15) is 0 Å². The molecule has 0 unspecified atom stereocenters. The van der Waals surface area contributed by atoms with Crippen molar-refractivity contribution < 1.29 is 5.11 Å². The summed E-state index contributed by atoms with van der Waals surface area (Å²) in [5, 5.41) is 13.8. The maximum Gasteiger partial charge on any atom is 0.0819 e. The first-order valence-electron chi connectivity index (χ1n) is 6.50. The van der Waals surface area contributed by atoms with Gasteiger partial charge in [0.1, 0.15) is 0 Å². The smallest absolute Gasteiger partial charge is 0.0819 e. The summed E-state index contributed by atoms with van der Waals surface area (Å²) in [7, 11) is 0. The monoisotopic (exact) mass is 312 g/mol. The number of nitrogens with two attached hydrogens (primary N) is 1. The minimum Gasteiger partial charge on any atom is -0.399 e. The van der Waals surface area contributed by atoms with E-state index in [4.69, 9.17) is 5.73 Å². The zero-order valence-corrected chi connectivity index (χ0v) is 12.3. The number of rotatable bonds is 3. The molecule has 100 valence electrons. The van der Waals surface area contributed by atoms with E-state index >= 15 is 0 Å². The summed E-state index contributed by atoms with van der Waals surface area (Å²) in [5.41, 5.74) is 6.85. The number of benzene rings is 1. The molecule has 0 aromatic heterocycles. The molecule has 4 heteroatoms.